The number of methoxy groups -OCH3 is 2. The molecule has 0 spiro atoms. The van der Waals surface area contributed by atoms with Crippen molar-refractivity contribution in [2.75, 3.05) is 39.2 Å². The Morgan fingerprint density at radius 1 is 1.19 bits per heavy atom. The van der Waals surface area contributed by atoms with Crippen molar-refractivity contribution in [1.82, 2.24) is 24.6 Å². The van der Waals surface area contributed by atoms with E-state index in [4.69, 9.17) is 9.47 Å². The number of ether oxygens (including phenoxy) is 2. The third-order valence-corrected chi connectivity index (χ3v) is 4.94. The Labute approximate surface area is 158 Å². The Hall–Kier alpha value is -2.71. The zero-order valence-electron chi connectivity index (χ0n) is 15.9. The number of nitrogens with one attached hydrogen (secondary N) is 1. The number of rotatable bonds is 6. The SMILES string of the molecule is COCCN1CCc2cc(OC)c(Nc3ncc4cnn(C)c4n3)cc2C1. The minimum atomic E-state index is 0.524. The number of hydrogen-bond donors (Lipinski definition) is 1. The Morgan fingerprint density at radius 3 is 2.89 bits per heavy atom. The van der Waals surface area contributed by atoms with Crippen LogP contribution in [0.3, 0.4) is 0 Å². The third kappa shape index (κ3) is 3.58. The summed E-state index contributed by atoms with van der Waals surface area (Å²) in [6.07, 6.45) is 4.54. The number of aromatic nitrogens is 4. The molecule has 0 amide bonds. The summed E-state index contributed by atoms with van der Waals surface area (Å²) in [4.78, 5) is 11.4. The predicted molar refractivity (Wildman–Crippen MR) is 103 cm³/mol. The molecule has 8 heteroatoms. The molecule has 0 radical (unpaired) electrons. The quantitative estimate of drug-likeness (QED) is 0.714. The molecule has 142 valence electrons. The van der Waals surface area contributed by atoms with E-state index >= 15 is 0 Å². The lowest BCUT2D eigenvalue weighted by Gasteiger charge is -2.29. The van der Waals surface area contributed by atoms with E-state index in [0.717, 1.165) is 55.1 Å². The molecule has 8 nitrogen and oxygen atoms in total. The first-order valence-corrected chi connectivity index (χ1v) is 9.01. The summed E-state index contributed by atoms with van der Waals surface area (Å²) in [7, 11) is 5.29. The average molecular weight is 368 g/mol. The van der Waals surface area contributed by atoms with Crippen LogP contribution < -0.4 is 10.1 Å². The second-order valence-electron chi connectivity index (χ2n) is 6.71. The van der Waals surface area contributed by atoms with Crippen LogP contribution in [0.5, 0.6) is 5.75 Å². The summed E-state index contributed by atoms with van der Waals surface area (Å²) in [6.45, 7) is 3.62. The fourth-order valence-corrected chi connectivity index (χ4v) is 3.44. The molecule has 3 aromatic rings. The van der Waals surface area contributed by atoms with Gasteiger partial charge in [0.1, 0.15) is 5.75 Å². The Bertz CT molecular complexity index is 955. The van der Waals surface area contributed by atoms with E-state index in [-0.39, 0.29) is 0 Å². The number of fused-ring (bicyclic) bond motifs is 2. The lowest BCUT2D eigenvalue weighted by Crippen LogP contribution is -2.33. The van der Waals surface area contributed by atoms with Gasteiger partial charge in [0, 0.05) is 40.0 Å². The molecule has 0 atom stereocenters. The first-order valence-electron chi connectivity index (χ1n) is 9.01. The largest absolute Gasteiger partial charge is 0.495 e. The van der Waals surface area contributed by atoms with Crippen molar-refractivity contribution in [3.8, 4) is 5.75 Å². The standard InChI is InChI=1S/C19H24N6O2/c1-24-18-15(11-21-24)10-20-19(23-18)22-16-8-14-12-25(6-7-26-2)5-4-13(14)9-17(16)27-3/h8-11H,4-7,12H2,1-3H3,(H,20,22,23). The van der Waals surface area contributed by atoms with E-state index < -0.39 is 0 Å². The van der Waals surface area contributed by atoms with Crippen LogP contribution >= 0.6 is 0 Å². The van der Waals surface area contributed by atoms with Crippen LogP contribution in [0, 0.1) is 0 Å². The van der Waals surface area contributed by atoms with Crippen LogP contribution in [-0.2, 0) is 24.8 Å². The lowest BCUT2D eigenvalue weighted by atomic mass is 9.98. The zero-order chi connectivity index (χ0) is 18.8. The maximum Gasteiger partial charge on any atom is 0.229 e. The minimum Gasteiger partial charge on any atom is -0.495 e. The highest BCUT2D eigenvalue weighted by Crippen LogP contribution is 2.33. The summed E-state index contributed by atoms with van der Waals surface area (Å²) in [6, 6.07) is 4.26. The van der Waals surface area contributed by atoms with Crippen molar-refractivity contribution in [3.63, 3.8) is 0 Å². The molecule has 1 aliphatic heterocycles. The van der Waals surface area contributed by atoms with E-state index in [1.807, 2.05) is 7.05 Å². The smallest absolute Gasteiger partial charge is 0.229 e. The summed E-state index contributed by atoms with van der Waals surface area (Å²) < 4.78 is 12.6. The molecule has 4 rings (SSSR count). The topological polar surface area (TPSA) is 77.3 Å². The highest BCUT2D eigenvalue weighted by molar-refractivity contribution is 5.75. The molecule has 2 aromatic heterocycles. The highest BCUT2D eigenvalue weighted by Gasteiger charge is 2.19. The molecule has 0 fully saturated rings. The summed E-state index contributed by atoms with van der Waals surface area (Å²) in [5.74, 6) is 1.32. The van der Waals surface area contributed by atoms with Gasteiger partial charge in [-0.05, 0) is 29.7 Å². The van der Waals surface area contributed by atoms with Gasteiger partial charge in [-0.1, -0.05) is 0 Å². The molecule has 3 heterocycles. The number of nitrogens with zero attached hydrogens (tertiary/aromatic N) is 5. The van der Waals surface area contributed by atoms with Crippen molar-refractivity contribution in [1.29, 1.82) is 0 Å². The molecule has 0 saturated heterocycles. The Kier molecular flexibility index (Phi) is 4.91. The molecular formula is C19H24N6O2. The van der Waals surface area contributed by atoms with Crippen LogP contribution in [-0.4, -0.2) is 58.6 Å². The fourth-order valence-electron chi connectivity index (χ4n) is 3.44. The van der Waals surface area contributed by atoms with Crippen molar-refractivity contribution in [3.05, 3.63) is 35.7 Å². The van der Waals surface area contributed by atoms with Gasteiger partial charge in [-0.2, -0.15) is 10.1 Å². The van der Waals surface area contributed by atoms with Gasteiger partial charge < -0.3 is 14.8 Å². The highest BCUT2D eigenvalue weighted by atomic mass is 16.5. The Balaban J connectivity index is 1.62. The van der Waals surface area contributed by atoms with Crippen molar-refractivity contribution in [2.45, 2.75) is 13.0 Å². The molecule has 0 aliphatic carbocycles. The van der Waals surface area contributed by atoms with Crippen molar-refractivity contribution in [2.24, 2.45) is 7.05 Å². The van der Waals surface area contributed by atoms with E-state index in [9.17, 15) is 0 Å². The van der Waals surface area contributed by atoms with Gasteiger partial charge in [0.2, 0.25) is 5.95 Å². The van der Waals surface area contributed by atoms with Gasteiger partial charge in [-0.25, -0.2) is 4.98 Å². The first kappa shape index (κ1) is 17.7. The number of anilines is 2. The molecular weight excluding hydrogens is 344 g/mol. The van der Waals surface area contributed by atoms with E-state index in [0.29, 0.717) is 5.95 Å². The first-order chi connectivity index (χ1) is 13.2. The lowest BCUT2D eigenvalue weighted by molar-refractivity contribution is 0.140. The Morgan fingerprint density at radius 2 is 2.07 bits per heavy atom. The predicted octanol–water partition coefficient (Wildman–Crippen LogP) is 2.12. The van der Waals surface area contributed by atoms with E-state index in [1.54, 1.807) is 31.3 Å². The van der Waals surface area contributed by atoms with Gasteiger partial charge in [-0.15, -0.1) is 0 Å². The van der Waals surface area contributed by atoms with Gasteiger partial charge in [0.15, 0.2) is 5.65 Å². The molecule has 1 N–H and O–H groups in total. The third-order valence-electron chi connectivity index (χ3n) is 4.94. The number of aryl methyl sites for hydroxylation is 1. The van der Waals surface area contributed by atoms with Gasteiger partial charge in [0.05, 0.1) is 31.0 Å². The number of benzene rings is 1. The molecule has 0 unspecified atom stereocenters. The molecule has 1 aliphatic rings. The monoisotopic (exact) mass is 368 g/mol. The summed E-state index contributed by atoms with van der Waals surface area (Å²) >= 11 is 0. The molecule has 1 aromatic carbocycles. The summed E-state index contributed by atoms with van der Waals surface area (Å²) in [5.41, 5.74) is 4.28. The molecule has 27 heavy (non-hydrogen) atoms. The van der Waals surface area contributed by atoms with E-state index in [1.165, 1.54) is 11.1 Å². The number of hydrogen-bond acceptors (Lipinski definition) is 7. The van der Waals surface area contributed by atoms with Crippen molar-refractivity contribution >= 4 is 22.7 Å². The second-order valence-corrected chi connectivity index (χ2v) is 6.71. The van der Waals surface area contributed by atoms with E-state index in [2.05, 4.69) is 37.4 Å². The molecule has 0 saturated carbocycles. The average Bonchev–Trinajstić information content (AvgIpc) is 3.06. The van der Waals surface area contributed by atoms with Gasteiger partial charge >= 0.3 is 0 Å². The maximum atomic E-state index is 5.60. The van der Waals surface area contributed by atoms with Crippen molar-refractivity contribution < 1.29 is 9.47 Å². The fraction of sp³-hybridized carbons (Fsp3) is 0.421. The van der Waals surface area contributed by atoms with Crippen LogP contribution in [0.15, 0.2) is 24.5 Å². The van der Waals surface area contributed by atoms with Crippen LogP contribution in [0.2, 0.25) is 0 Å². The normalized spacial score (nSPS) is 14.3. The summed E-state index contributed by atoms with van der Waals surface area (Å²) in [5, 5.41) is 8.43. The zero-order valence-corrected chi connectivity index (χ0v) is 15.9. The maximum absolute atomic E-state index is 5.60. The minimum absolute atomic E-state index is 0.524. The van der Waals surface area contributed by atoms with Gasteiger partial charge in [-0.3, -0.25) is 9.58 Å². The van der Waals surface area contributed by atoms with Crippen LogP contribution in [0.25, 0.3) is 11.0 Å². The van der Waals surface area contributed by atoms with Crippen LogP contribution in [0.1, 0.15) is 11.1 Å². The van der Waals surface area contributed by atoms with Crippen LogP contribution in [0.4, 0.5) is 11.6 Å². The van der Waals surface area contributed by atoms with Gasteiger partial charge in [0.25, 0.3) is 0 Å². The second kappa shape index (κ2) is 7.50. The molecule has 0 bridgehead atoms.